The van der Waals surface area contributed by atoms with E-state index in [4.69, 9.17) is 16.3 Å². The predicted molar refractivity (Wildman–Crippen MR) is 57.2 cm³/mol. The van der Waals surface area contributed by atoms with Gasteiger partial charge >= 0.3 is 5.97 Å². The first-order chi connectivity index (χ1) is 7.15. The van der Waals surface area contributed by atoms with E-state index in [1.54, 1.807) is 18.2 Å². The highest BCUT2D eigenvalue weighted by Crippen LogP contribution is 2.09. The molecule has 0 fully saturated rings. The molecule has 0 radical (unpaired) electrons. The number of hydrogen-bond donors (Lipinski definition) is 0. The first-order valence-electron chi connectivity index (χ1n) is 4.62. The van der Waals surface area contributed by atoms with Crippen LogP contribution in [-0.4, -0.2) is 17.8 Å². The van der Waals surface area contributed by atoms with Crippen molar-refractivity contribution in [1.29, 1.82) is 0 Å². The summed E-state index contributed by atoms with van der Waals surface area (Å²) in [7, 11) is 0. The first kappa shape index (κ1) is 11.7. The first-order valence-corrected chi connectivity index (χ1v) is 5.00. The van der Waals surface area contributed by atoms with E-state index in [2.05, 4.69) is 0 Å². The fraction of sp³-hybridized carbons (Fsp3) is 0.273. The standard InChI is InChI=1S/C11H11ClO3/c1-2-6-15-11(14)9-5-3-4-8(7-9)10(12)13/h3-5,7H,2,6H2,1H3. The molecule has 0 aliphatic heterocycles. The summed E-state index contributed by atoms with van der Waals surface area (Å²) in [5, 5.41) is -0.583. The molecule has 0 N–H and O–H groups in total. The molecule has 0 aromatic heterocycles. The number of benzene rings is 1. The minimum atomic E-state index is -0.583. The Morgan fingerprint density at radius 3 is 2.60 bits per heavy atom. The molecule has 0 heterocycles. The summed E-state index contributed by atoms with van der Waals surface area (Å²) in [5.41, 5.74) is 0.637. The van der Waals surface area contributed by atoms with Crippen LogP contribution in [0.2, 0.25) is 0 Å². The van der Waals surface area contributed by atoms with Gasteiger partial charge in [-0.1, -0.05) is 19.1 Å². The van der Waals surface area contributed by atoms with Crippen LogP contribution in [0.25, 0.3) is 0 Å². The van der Waals surface area contributed by atoms with Crippen LogP contribution in [0, 0.1) is 0 Å². The highest BCUT2D eigenvalue weighted by Gasteiger charge is 2.09. The van der Waals surface area contributed by atoms with E-state index in [1.165, 1.54) is 6.07 Å². The van der Waals surface area contributed by atoms with Gasteiger partial charge in [0.25, 0.3) is 5.24 Å². The molecule has 0 unspecified atom stereocenters. The van der Waals surface area contributed by atoms with Crippen molar-refractivity contribution in [2.45, 2.75) is 13.3 Å². The Bertz CT molecular complexity index is 374. The van der Waals surface area contributed by atoms with Gasteiger partial charge in [0.15, 0.2) is 0 Å². The molecule has 0 saturated carbocycles. The zero-order chi connectivity index (χ0) is 11.3. The molecule has 0 aliphatic rings. The Hall–Kier alpha value is -1.35. The van der Waals surface area contributed by atoms with E-state index >= 15 is 0 Å². The fourth-order valence-electron chi connectivity index (χ4n) is 1.05. The predicted octanol–water partition coefficient (Wildman–Crippen LogP) is 2.63. The molecule has 3 nitrogen and oxygen atoms in total. The number of hydrogen-bond acceptors (Lipinski definition) is 3. The largest absolute Gasteiger partial charge is 0.462 e. The quantitative estimate of drug-likeness (QED) is 0.586. The molecule has 0 bridgehead atoms. The second kappa shape index (κ2) is 5.51. The lowest BCUT2D eigenvalue weighted by atomic mass is 10.1. The minimum absolute atomic E-state index is 0.294. The molecular weight excluding hydrogens is 216 g/mol. The maximum Gasteiger partial charge on any atom is 0.338 e. The summed E-state index contributed by atoms with van der Waals surface area (Å²) in [4.78, 5) is 22.2. The van der Waals surface area contributed by atoms with Gasteiger partial charge in [-0.05, 0) is 30.2 Å². The van der Waals surface area contributed by atoms with Gasteiger partial charge in [0.05, 0.1) is 12.2 Å². The summed E-state index contributed by atoms with van der Waals surface area (Å²) < 4.78 is 4.92. The van der Waals surface area contributed by atoms with Crippen LogP contribution < -0.4 is 0 Å². The number of ether oxygens (including phenoxy) is 1. The number of carbonyl (C=O) groups excluding carboxylic acids is 2. The van der Waals surface area contributed by atoms with Crippen molar-refractivity contribution in [3.63, 3.8) is 0 Å². The van der Waals surface area contributed by atoms with Crippen LogP contribution in [-0.2, 0) is 4.74 Å². The summed E-state index contributed by atoms with van der Waals surface area (Å²) in [6, 6.07) is 6.15. The number of halogens is 1. The third kappa shape index (κ3) is 3.36. The van der Waals surface area contributed by atoms with Gasteiger partial charge in [0, 0.05) is 5.56 Å². The number of esters is 1. The summed E-state index contributed by atoms with van der Waals surface area (Å²) in [6.07, 6.45) is 0.764. The molecule has 0 saturated heterocycles. The van der Waals surface area contributed by atoms with E-state index in [9.17, 15) is 9.59 Å². The second-order valence-corrected chi connectivity index (χ2v) is 3.33. The van der Waals surface area contributed by atoms with Crippen molar-refractivity contribution in [3.8, 4) is 0 Å². The lowest BCUT2D eigenvalue weighted by molar-refractivity contribution is 0.0505. The molecule has 0 spiro atoms. The van der Waals surface area contributed by atoms with Crippen LogP contribution in [0.1, 0.15) is 34.1 Å². The highest BCUT2D eigenvalue weighted by atomic mass is 35.5. The molecule has 15 heavy (non-hydrogen) atoms. The molecule has 4 heteroatoms. The molecule has 1 aromatic carbocycles. The molecule has 0 amide bonds. The van der Waals surface area contributed by atoms with E-state index < -0.39 is 11.2 Å². The van der Waals surface area contributed by atoms with Gasteiger partial charge in [-0.25, -0.2) is 4.79 Å². The Morgan fingerprint density at radius 1 is 1.33 bits per heavy atom. The van der Waals surface area contributed by atoms with E-state index in [0.717, 1.165) is 6.42 Å². The van der Waals surface area contributed by atoms with E-state index in [1.807, 2.05) is 6.92 Å². The van der Waals surface area contributed by atoms with E-state index in [0.29, 0.717) is 17.7 Å². The van der Waals surface area contributed by atoms with Crippen molar-refractivity contribution < 1.29 is 14.3 Å². The maximum atomic E-state index is 11.4. The highest BCUT2D eigenvalue weighted by molar-refractivity contribution is 6.67. The topological polar surface area (TPSA) is 43.4 Å². The molecular formula is C11H11ClO3. The summed E-state index contributed by atoms with van der Waals surface area (Å²) in [6.45, 7) is 2.28. The normalized spacial score (nSPS) is 9.73. The fourth-order valence-corrected chi connectivity index (χ4v) is 1.16. The lowest BCUT2D eigenvalue weighted by Crippen LogP contribution is -2.06. The number of carbonyl (C=O) groups is 2. The molecule has 0 aliphatic carbocycles. The summed E-state index contributed by atoms with van der Waals surface area (Å²) in [5.74, 6) is -0.434. The van der Waals surface area contributed by atoms with Crippen molar-refractivity contribution in [2.24, 2.45) is 0 Å². The van der Waals surface area contributed by atoms with Crippen molar-refractivity contribution in [3.05, 3.63) is 35.4 Å². The van der Waals surface area contributed by atoms with Gasteiger partial charge in [0.2, 0.25) is 0 Å². The van der Waals surface area contributed by atoms with E-state index in [-0.39, 0.29) is 0 Å². The van der Waals surface area contributed by atoms with Crippen LogP contribution in [0.5, 0.6) is 0 Å². The Balaban J connectivity index is 2.81. The zero-order valence-corrected chi connectivity index (χ0v) is 9.08. The van der Waals surface area contributed by atoms with Gasteiger partial charge in [-0.3, -0.25) is 4.79 Å². The molecule has 1 rings (SSSR count). The van der Waals surface area contributed by atoms with Gasteiger partial charge < -0.3 is 4.74 Å². The van der Waals surface area contributed by atoms with Gasteiger partial charge in [-0.2, -0.15) is 0 Å². The maximum absolute atomic E-state index is 11.4. The second-order valence-electron chi connectivity index (χ2n) is 2.99. The third-order valence-corrected chi connectivity index (χ3v) is 1.98. The van der Waals surface area contributed by atoms with Crippen molar-refractivity contribution in [1.82, 2.24) is 0 Å². The monoisotopic (exact) mass is 226 g/mol. The van der Waals surface area contributed by atoms with Crippen molar-refractivity contribution >= 4 is 22.8 Å². The Labute approximate surface area is 93.0 Å². The average Bonchev–Trinajstić information content (AvgIpc) is 2.26. The van der Waals surface area contributed by atoms with Crippen LogP contribution in [0.3, 0.4) is 0 Å². The lowest BCUT2D eigenvalue weighted by Gasteiger charge is -2.03. The van der Waals surface area contributed by atoms with Gasteiger partial charge in [0.1, 0.15) is 0 Å². The van der Waals surface area contributed by atoms with Crippen LogP contribution >= 0.6 is 11.6 Å². The molecule has 80 valence electrons. The number of rotatable bonds is 4. The zero-order valence-electron chi connectivity index (χ0n) is 8.33. The van der Waals surface area contributed by atoms with Crippen molar-refractivity contribution in [2.75, 3.05) is 6.61 Å². The molecule has 1 aromatic rings. The van der Waals surface area contributed by atoms with Crippen LogP contribution in [0.4, 0.5) is 0 Å². The average molecular weight is 227 g/mol. The minimum Gasteiger partial charge on any atom is -0.462 e. The van der Waals surface area contributed by atoms with Gasteiger partial charge in [-0.15, -0.1) is 0 Å². The SMILES string of the molecule is CCCOC(=O)c1cccc(C(=O)Cl)c1. The summed E-state index contributed by atoms with van der Waals surface area (Å²) >= 11 is 5.29. The van der Waals surface area contributed by atoms with Crippen LogP contribution in [0.15, 0.2) is 24.3 Å². The third-order valence-electron chi connectivity index (χ3n) is 1.76. The Morgan fingerprint density at radius 2 is 2.00 bits per heavy atom. The smallest absolute Gasteiger partial charge is 0.338 e. The molecule has 0 atom stereocenters. The Kier molecular flexibility index (Phi) is 4.31.